The standard InChI is InChI=1S/C11H11F3N4/c12-11(13,14)6-1-2-7-8(3-4-15)17-10(16)18-9(7)5-6/h1-2,5H,3-4,15H2,(H2,16,17,18). The Bertz CT molecular complexity index is 580. The minimum absolute atomic E-state index is 0.0507. The number of alkyl halides is 3. The molecule has 1 aromatic heterocycles. The highest BCUT2D eigenvalue weighted by molar-refractivity contribution is 5.82. The van der Waals surface area contributed by atoms with E-state index in [1.807, 2.05) is 0 Å². The number of hydrogen-bond donors (Lipinski definition) is 2. The van der Waals surface area contributed by atoms with Gasteiger partial charge in [0, 0.05) is 11.8 Å². The molecule has 96 valence electrons. The second kappa shape index (κ2) is 4.41. The van der Waals surface area contributed by atoms with Crippen LogP contribution in [0, 0.1) is 0 Å². The van der Waals surface area contributed by atoms with Gasteiger partial charge >= 0.3 is 6.18 Å². The van der Waals surface area contributed by atoms with Crippen LogP contribution < -0.4 is 11.5 Å². The lowest BCUT2D eigenvalue weighted by molar-refractivity contribution is -0.137. The molecule has 0 radical (unpaired) electrons. The molecule has 0 saturated heterocycles. The van der Waals surface area contributed by atoms with Gasteiger partial charge in [-0.25, -0.2) is 9.97 Å². The lowest BCUT2D eigenvalue weighted by atomic mass is 10.1. The van der Waals surface area contributed by atoms with Gasteiger partial charge in [-0.3, -0.25) is 0 Å². The highest BCUT2D eigenvalue weighted by atomic mass is 19.4. The number of nitrogen functional groups attached to an aromatic ring is 1. The lowest BCUT2D eigenvalue weighted by Crippen LogP contribution is -2.09. The first kappa shape index (κ1) is 12.6. The van der Waals surface area contributed by atoms with Crippen molar-refractivity contribution in [3.8, 4) is 0 Å². The molecule has 0 unspecified atom stereocenters. The van der Waals surface area contributed by atoms with Crippen LogP contribution in [0.15, 0.2) is 18.2 Å². The van der Waals surface area contributed by atoms with Gasteiger partial charge in [0.2, 0.25) is 5.95 Å². The van der Waals surface area contributed by atoms with Crippen molar-refractivity contribution < 1.29 is 13.2 Å². The minimum atomic E-state index is -4.40. The summed E-state index contributed by atoms with van der Waals surface area (Å²) >= 11 is 0. The molecular weight excluding hydrogens is 245 g/mol. The van der Waals surface area contributed by atoms with Crippen LogP contribution in [0.5, 0.6) is 0 Å². The van der Waals surface area contributed by atoms with Crippen molar-refractivity contribution >= 4 is 16.9 Å². The van der Waals surface area contributed by atoms with Crippen molar-refractivity contribution in [2.24, 2.45) is 5.73 Å². The highest BCUT2D eigenvalue weighted by Gasteiger charge is 2.30. The van der Waals surface area contributed by atoms with E-state index in [1.165, 1.54) is 6.07 Å². The number of halogens is 3. The predicted molar refractivity (Wildman–Crippen MR) is 61.7 cm³/mol. The van der Waals surface area contributed by atoms with Crippen molar-refractivity contribution in [3.05, 3.63) is 29.5 Å². The van der Waals surface area contributed by atoms with Crippen molar-refractivity contribution in [1.82, 2.24) is 9.97 Å². The number of anilines is 1. The number of fused-ring (bicyclic) bond motifs is 1. The molecule has 7 heteroatoms. The largest absolute Gasteiger partial charge is 0.416 e. The molecule has 0 bridgehead atoms. The third-order valence-corrected chi connectivity index (χ3v) is 2.50. The fourth-order valence-corrected chi connectivity index (χ4v) is 1.72. The summed E-state index contributed by atoms with van der Waals surface area (Å²) < 4.78 is 37.7. The zero-order valence-electron chi connectivity index (χ0n) is 9.33. The summed E-state index contributed by atoms with van der Waals surface area (Å²) in [5.41, 5.74) is 10.9. The zero-order chi connectivity index (χ0) is 13.3. The van der Waals surface area contributed by atoms with E-state index in [4.69, 9.17) is 11.5 Å². The van der Waals surface area contributed by atoms with Gasteiger partial charge < -0.3 is 11.5 Å². The van der Waals surface area contributed by atoms with Crippen molar-refractivity contribution in [1.29, 1.82) is 0 Å². The minimum Gasteiger partial charge on any atom is -0.368 e. The number of aromatic nitrogens is 2. The molecule has 0 aliphatic rings. The summed E-state index contributed by atoms with van der Waals surface area (Å²) in [6, 6.07) is 3.32. The Morgan fingerprint density at radius 3 is 2.50 bits per heavy atom. The van der Waals surface area contributed by atoms with E-state index >= 15 is 0 Å². The molecular formula is C11H11F3N4. The summed E-state index contributed by atoms with van der Waals surface area (Å²) in [5, 5.41) is 0.544. The van der Waals surface area contributed by atoms with Crippen LogP contribution in [0.3, 0.4) is 0 Å². The molecule has 0 fully saturated rings. The Morgan fingerprint density at radius 1 is 1.17 bits per heavy atom. The van der Waals surface area contributed by atoms with Gasteiger partial charge in [0.05, 0.1) is 16.8 Å². The third kappa shape index (κ3) is 2.35. The van der Waals surface area contributed by atoms with Gasteiger partial charge in [0.1, 0.15) is 0 Å². The summed E-state index contributed by atoms with van der Waals surface area (Å²) in [6.45, 7) is 0.340. The second-order valence-electron chi connectivity index (χ2n) is 3.80. The second-order valence-corrected chi connectivity index (χ2v) is 3.80. The van der Waals surface area contributed by atoms with E-state index in [0.717, 1.165) is 12.1 Å². The number of nitrogens with two attached hydrogens (primary N) is 2. The Morgan fingerprint density at radius 2 is 1.89 bits per heavy atom. The SMILES string of the molecule is NCCc1nc(N)nc2cc(C(F)(F)F)ccc12. The molecule has 4 nitrogen and oxygen atoms in total. The predicted octanol–water partition coefficient (Wildman–Crippen LogP) is 1.73. The monoisotopic (exact) mass is 256 g/mol. The van der Waals surface area contributed by atoms with Crippen LogP contribution >= 0.6 is 0 Å². The summed E-state index contributed by atoms with van der Waals surface area (Å²) in [4.78, 5) is 7.81. The molecule has 2 aromatic rings. The average Bonchev–Trinajstić information content (AvgIpc) is 2.27. The van der Waals surface area contributed by atoms with Gasteiger partial charge in [-0.15, -0.1) is 0 Å². The van der Waals surface area contributed by atoms with E-state index in [1.54, 1.807) is 0 Å². The summed E-state index contributed by atoms with van der Waals surface area (Å²) in [5.74, 6) is -0.0507. The zero-order valence-corrected chi connectivity index (χ0v) is 9.33. The van der Waals surface area contributed by atoms with Crippen molar-refractivity contribution in [2.45, 2.75) is 12.6 Å². The van der Waals surface area contributed by atoms with E-state index in [-0.39, 0.29) is 11.5 Å². The molecule has 1 heterocycles. The van der Waals surface area contributed by atoms with Gasteiger partial charge in [-0.05, 0) is 18.7 Å². The molecule has 0 spiro atoms. The molecule has 4 N–H and O–H groups in total. The quantitative estimate of drug-likeness (QED) is 0.857. The first-order chi connectivity index (χ1) is 8.41. The van der Waals surface area contributed by atoms with Crippen LogP contribution in [-0.2, 0) is 12.6 Å². The van der Waals surface area contributed by atoms with Crippen LogP contribution in [0.1, 0.15) is 11.3 Å². The third-order valence-electron chi connectivity index (χ3n) is 2.50. The fraction of sp³-hybridized carbons (Fsp3) is 0.273. The first-order valence-corrected chi connectivity index (χ1v) is 5.25. The topological polar surface area (TPSA) is 77.8 Å². The van der Waals surface area contributed by atoms with Crippen molar-refractivity contribution in [2.75, 3.05) is 12.3 Å². The fourth-order valence-electron chi connectivity index (χ4n) is 1.72. The Labute approximate surface area is 101 Å². The van der Waals surface area contributed by atoms with Crippen LogP contribution in [0.2, 0.25) is 0 Å². The van der Waals surface area contributed by atoms with Crippen molar-refractivity contribution in [3.63, 3.8) is 0 Å². The van der Waals surface area contributed by atoms with E-state index in [9.17, 15) is 13.2 Å². The Hall–Kier alpha value is -1.89. The average molecular weight is 256 g/mol. The van der Waals surface area contributed by atoms with Crippen LogP contribution in [0.25, 0.3) is 10.9 Å². The Kier molecular flexibility index (Phi) is 3.08. The maximum Gasteiger partial charge on any atom is 0.416 e. The molecule has 0 aliphatic carbocycles. The first-order valence-electron chi connectivity index (χ1n) is 5.25. The maximum absolute atomic E-state index is 12.6. The highest BCUT2D eigenvalue weighted by Crippen LogP contribution is 2.31. The normalized spacial score (nSPS) is 12.0. The summed E-state index contributed by atoms with van der Waals surface area (Å²) in [7, 11) is 0. The van der Waals surface area contributed by atoms with E-state index in [2.05, 4.69) is 9.97 Å². The molecule has 2 rings (SSSR count). The van der Waals surface area contributed by atoms with E-state index in [0.29, 0.717) is 24.0 Å². The number of benzene rings is 1. The van der Waals surface area contributed by atoms with E-state index < -0.39 is 11.7 Å². The van der Waals surface area contributed by atoms with Gasteiger partial charge in [0.15, 0.2) is 0 Å². The number of nitrogens with zero attached hydrogens (tertiary/aromatic N) is 2. The lowest BCUT2D eigenvalue weighted by Gasteiger charge is -2.09. The van der Waals surface area contributed by atoms with Gasteiger partial charge in [0.25, 0.3) is 0 Å². The Balaban J connectivity index is 2.64. The smallest absolute Gasteiger partial charge is 0.368 e. The molecule has 0 aliphatic heterocycles. The maximum atomic E-state index is 12.6. The summed E-state index contributed by atoms with van der Waals surface area (Å²) in [6.07, 6.45) is -3.96. The van der Waals surface area contributed by atoms with Crippen LogP contribution in [0.4, 0.5) is 19.1 Å². The molecule has 18 heavy (non-hydrogen) atoms. The molecule has 0 atom stereocenters. The molecule has 0 amide bonds. The molecule has 1 aromatic carbocycles. The van der Waals surface area contributed by atoms with Crippen LogP contribution in [-0.4, -0.2) is 16.5 Å². The number of hydrogen-bond acceptors (Lipinski definition) is 4. The number of rotatable bonds is 2. The molecule has 0 saturated carbocycles. The van der Waals surface area contributed by atoms with Gasteiger partial charge in [-0.1, -0.05) is 6.07 Å². The van der Waals surface area contributed by atoms with Gasteiger partial charge in [-0.2, -0.15) is 13.2 Å².